The van der Waals surface area contributed by atoms with E-state index in [1.807, 2.05) is 13.0 Å². The molecule has 0 aliphatic carbocycles. The molecule has 8 nitrogen and oxygen atoms in total. The van der Waals surface area contributed by atoms with E-state index in [9.17, 15) is 13.2 Å². The lowest BCUT2D eigenvalue weighted by Gasteiger charge is -2.30. The van der Waals surface area contributed by atoms with Crippen molar-refractivity contribution in [2.24, 2.45) is 5.92 Å². The van der Waals surface area contributed by atoms with Crippen molar-refractivity contribution in [3.8, 4) is 5.75 Å². The number of benzene rings is 2. The van der Waals surface area contributed by atoms with Crippen molar-refractivity contribution in [3.63, 3.8) is 0 Å². The molecule has 0 unspecified atom stereocenters. The number of hydrogen-bond donors (Lipinski definition) is 2. The molecule has 3 rings (SSSR count). The molecule has 0 spiro atoms. The van der Waals surface area contributed by atoms with Crippen LogP contribution in [0.5, 0.6) is 5.75 Å². The lowest BCUT2D eigenvalue weighted by atomic mass is 10.0. The fourth-order valence-corrected chi connectivity index (χ4v) is 4.92. The predicted molar refractivity (Wildman–Crippen MR) is 129 cm³/mol. The number of fused-ring (bicyclic) bond motifs is 1. The van der Waals surface area contributed by atoms with Gasteiger partial charge < -0.3 is 19.7 Å². The molecule has 3 atom stereocenters. The van der Waals surface area contributed by atoms with Crippen LogP contribution in [-0.4, -0.2) is 65.2 Å². The van der Waals surface area contributed by atoms with Crippen LogP contribution in [-0.2, 0) is 20.5 Å². The number of anilines is 1. The number of hydrogen-bond acceptors (Lipinski definition) is 6. The second-order valence-electron chi connectivity index (χ2n) is 8.62. The Morgan fingerprint density at radius 1 is 1.18 bits per heavy atom. The number of likely N-dealkylation sites (N-methyl/N-ethyl adjacent to an activating group) is 1. The van der Waals surface area contributed by atoms with E-state index in [2.05, 4.69) is 17.0 Å². The summed E-state index contributed by atoms with van der Waals surface area (Å²) < 4.78 is 39.5. The first kappa shape index (κ1) is 25.0. The van der Waals surface area contributed by atoms with Crippen LogP contribution in [0, 0.1) is 5.92 Å². The van der Waals surface area contributed by atoms with Crippen molar-refractivity contribution >= 4 is 21.6 Å². The number of methoxy groups -OCH3 is 1. The van der Waals surface area contributed by atoms with Crippen molar-refractivity contribution in [2.75, 3.05) is 38.6 Å². The van der Waals surface area contributed by atoms with Crippen LogP contribution in [0.4, 0.5) is 5.69 Å². The van der Waals surface area contributed by atoms with E-state index >= 15 is 0 Å². The number of carbonyl (C=O) groups excluding carboxylic acids is 1. The molecule has 0 fully saturated rings. The Hall–Kier alpha value is -2.62. The van der Waals surface area contributed by atoms with Gasteiger partial charge in [0.05, 0.1) is 23.1 Å². The van der Waals surface area contributed by atoms with Gasteiger partial charge >= 0.3 is 0 Å². The van der Waals surface area contributed by atoms with Crippen LogP contribution in [0.2, 0.25) is 0 Å². The molecule has 2 aromatic rings. The molecule has 33 heavy (non-hydrogen) atoms. The maximum atomic E-state index is 13.2. The fraction of sp³-hybridized carbons (Fsp3) is 0.458. The average molecular weight is 476 g/mol. The molecule has 0 aromatic heterocycles. The lowest BCUT2D eigenvalue weighted by molar-refractivity contribution is 0.0281. The van der Waals surface area contributed by atoms with Crippen LogP contribution in [0.3, 0.4) is 0 Å². The van der Waals surface area contributed by atoms with Gasteiger partial charge in [0.1, 0.15) is 12.4 Å². The standard InChI is InChI=1S/C24H33N3O5S/c1-17-13-25-18(2)15-32-22-12-20(26-33(29,30)16-19-8-6-5-7-9-19)10-11-21(22)24(28)27(3)14-23(17)31-4/h5-12,17-18,23,25-26H,13-16H2,1-4H3/t17-,18-,23-/m1/s1. The molecule has 1 heterocycles. The van der Waals surface area contributed by atoms with Crippen molar-refractivity contribution in [1.82, 2.24) is 10.2 Å². The monoisotopic (exact) mass is 475 g/mol. The van der Waals surface area contributed by atoms with Crippen LogP contribution in [0.15, 0.2) is 48.5 Å². The lowest BCUT2D eigenvalue weighted by Crippen LogP contribution is -2.44. The van der Waals surface area contributed by atoms with Gasteiger partial charge in [-0.15, -0.1) is 0 Å². The molecule has 1 aliphatic heterocycles. The summed E-state index contributed by atoms with van der Waals surface area (Å²) in [5, 5.41) is 3.43. The number of ether oxygens (including phenoxy) is 2. The van der Waals surface area contributed by atoms with Gasteiger partial charge in [0.15, 0.2) is 0 Å². The van der Waals surface area contributed by atoms with Gasteiger partial charge in [0.2, 0.25) is 10.0 Å². The second-order valence-corrected chi connectivity index (χ2v) is 10.3. The largest absolute Gasteiger partial charge is 0.491 e. The molecule has 0 saturated heterocycles. The topological polar surface area (TPSA) is 97.0 Å². The SMILES string of the molecule is CO[C@@H]1CN(C)C(=O)c2ccc(NS(=O)(=O)Cc3ccccc3)cc2OC[C@@H](C)NC[C@H]1C. The number of nitrogens with zero attached hydrogens (tertiary/aromatic N) is 1. The van der Waals surface area contributed by atoms with E-state index in [0.717, 1.165) is 6.54 Å². The summed E-state index contributed by atoms with van der Waals surface area (Å²) in [6, 6.07) is 13.7. The maximum absolute atomic E-state index is 13.2. The third-order valence-electron chi connectivity index (χ3n) is 5.70. The first-order valence-electron chi connectivity index (χ1n) is 11.0. The molecule has 0 radical (unpaired) electrons. The zero-order valence-corrected chi connectivity index (χ0v) is 20.4. The average Bonchev–Trinajstić information content (AvgIpc) is 2.78. The second kappa shape index (κ2) is 11.0. The number of carbonyl (C=O) groups is 1. The molecule has 9 heteroatoms. The first-order valence-corrected chi connectivity index (χ1v) is 12.7. The first-order chi connectivity index (χ1) is 15.7. The van der Waals surface area contributed by atoms with Gasteiger partial charge in [-0.05, 0) is 30.5 Å². The molecule has 0 bridgehead atoms. The Labute approximate surface area is 196 Å². The van der Waals surface area contributed by atoms with Crippen molar-refractivity contribution in [3.05, 3.63) is 59.7 Å². The van der Waals surface area contributed by atoms with Gasteiger partial charge in [0, 0.05) is 39.4 Å². The Morgan fingerprint density at radius 3 is 2.61 bits per heavy atom. The molecule has 1 amide bonds. The minimum atomic E-state index is -3.64. The van der Waals surface area contributed by atoms with Crippen molar-refractivity contribution < 1.29 is 22.7 Å². The smallest absolute Gasteiger partial charge is 0.257 e. The summed E-state index contributed by atoms with van der Waals surface area (Å²) in [5.74, 6) is 0.181. The minimum Gasteiger partial charge on any atom is -0.491 e. The summed E-state index contributed by atoms with van der Waals surface area (Å²) in [4.78, 5) is 14.8. The fourth-order valence-electron chi connectivity index (χ4n) is 3.73. The van der Waals surface area contributed by atoms with Gasteiger partial charge in [-0.2, -0.15) is 0 Å². The Bertz CT molecular complexity index is 1050. The zero-order chi connectivity index (χ0) is 24.0. The molecule has 2 N–H and O–H groups in total. The van der Waals surface area contributed by atoms with E-state index in [4.69, 9.17) is 9.47 Å². The highest BCUT2D eigenvalue weighted by Gasteiger charge is 2.25. The highest BCUT2D eigenvalue weighted by Crippen LogP contribution is 2.27. The van der Waals surface area contributed by atoms with E-state index in [0.29, 0.717) is 35.7 Å². The van der Waals surface area contributed by atoms with E-state index in [1.165, 1.54) is 0 Å². The van der Waals surface area contributed by atoms with Gasteiger partial charge in [-0.1, -0.05) is 37.3 Å². The Balaban J connectivity index is 1.86. The highest BCUT2D eigenvalue weighted by molar-refractivity contribution is 7.91. The maximum Gasteiger partial charge on any atom is 0.257 e. The summed E-state index contributed by atoms with van der Waals surface area (Å²) in [6.45, 7) is 5.56. The van der Waals surface area contributed by atoms with Crippen molar-refractivity contribution in [2.45, 2.75) is 31.7 Å². The van der Waals surface area contributed by atoms with Gasteiger partial charge in [0.25, 0.3) is 5.91 Å². The van der Waals surface area contributed by atoms with Crippen LogP contribution in [0.25, 0.3) is 0 Å². The molecule has 1 aliphatic rings. The Morgan fingerprint density at radius 2 is 1.91 bits per heavy atom. The summed E-state index contributed by atoms with van der Waals surface area (Å²) in [5.41, 5.74) is 1.40. The van der Waals surface area contributed by atoms with E-state index in [-0.39, 0.29) is 29.7 Å². The number of sulfonamides is 1. The number of rotatable bonds is 5. The molecule has 180 valence electrons. The quantitative estimate of drug-likeness (QED) is 0.690. The Kier molecular flexibility index (Phi) is 8.34. The molecule has 0 saturated carbocycles. The number of amides is 1. The van der Waals surface area contributed by atoms with Gasteiger partial charge in [-0.25, -0.2) is 8.42 Å². The zero-order valence-electron chi connectivity index (χ0n) is 19.6. The highest BCUT2D eigenvalue weighted by atomic mass is 32.2. The minimum absolute atomic E-state index is 0.0310. The summed E-state index contributed by atoms with van der Waals surface area (Å²) in [7, 11) is -0.258. The molecular formula is C24H33N3O5S. The third kappa shape index (κ3) is 6.93. The number of nitrogens with one attached hydrogen (secondary N) is 2. The predicted octanol–water partition coefficient (Wildman–Crippen LogP) is 2.72. The summed E-state index contributed by atoms with van der Waals surface area (Å²) >= 11 is 0. The molecular weight excluding hydrogens is 442 g/mol. The van der Waals surface area contributed by atoms with E-state index < -0.39 is 10.0 Å². The van der Waals surface area contributed by atoms with Crippen LogP contribution in [0.1, 0.15) is 29.8 Å². The molecule has 2 aromatic carbocycles. The van der Waals surface area contributed by atoms with Gasteiger partial charge in [-0.3, -0.25) is 9.52 Å². The normalized spacial score (nSPS) is 22.5. The summed E-state index contributed by atoms with van der Waals surface area (Å²) in [6.07, 6.45) is -0.119. The van der Waals surface area contributed by atoms with E-state index in [1.54, 1.807) is 61.5 Å². The van der Waals surface area contributed by atoms with Crippen molar-refractivity contribution in [1.29, 1.82) is 0 Å². The third-order valence-corrected chi connectivity index (χ3v) is 6.96. The van der Waals surface area contributed by atoms with Crippen LogP contribution < -0.4 is 14.8 Å². The van der Waals surface area contributed by atoms with Crippen LogP contribution >= 0.6 is 0 Å².